The molecule has 0 saturated heterocycles. The first-order chi connectivity index (χ1) is 13.8. The number of nitrogens with one attached hydrogen (secondary N) is 1. The van der Waals surface area contributed by atoms with E-state index in [0.29, 0.717) is 35.0 Å². The quantitative estimate of drug-likeness (QED) is 0.506. The third kappa shape index (κ3) is 6.78. The molecule has 0 heterocycles. The van der Waals surface area contributed by atoms with Crippen LogP contribution in [0.2, 0.25) is 0 Å². The Morgan fingerprint density at radius 1 is 1.41 bits per heavy atom. The molecule has 0 bridgehead atoms. The molecule has 158 valence electrons. The smallest absolute Gasteiger partial charge is 0.379 e. The summed E-state index contributed by atoms with van der Waals surface area (Å²) in [4.78, 5) is 27.8. The van der Waals surface area contributed by atoms with Gasteiger partial charge < -0.3 is 16.0 Å². The van der Waals surface area contributed by atoms with E-state index in [0.717, 1.165) is 18.4 Å². The van der Waals surface area contributed by atoms with Crippen LogP contribution in [0, 0.1) is 6.92 Å². The normalized spacial score (nSPS) is 13.7. The van der Waals surface area contributed by atoms with Crippen LogP contribution < -0.4 is 11.1 Å². The fourth-order valence-corrected chi connectivity index (χ4v) is 2.62. The van der Waals surface area contributed by atoms with Gasteiger partial charge in [0.15, 0.2) is 0 Å². The van der Waals surface area contributed by atoms with Crippen LogP contribution in [0.5, 0.6) is 0 Å². The lowest BCUT2D eigenvalue weighted by atomic mass is 9.97. The maximum absolute atomic E-state index is 12.2. The standard InChI is InChI=1S/C19H22FN3O3.C3H8/c1-12-4-5-14(19(25)26-20)8-17(12)15(10-21)9-18(22-11-24)13(2)23(3)16-6-7-16;1-3-2/h4-5,8-11,16H,2,6-7,21H2,1,3H3,(H,22,24);3H2,1-2H3/b15-10+,18-9+;. The van der Waals surface area contributed by atoms with Crippen molar-refractivity contribution >= 4 is 18.0 Å². The highest BCUT2D eigenvalue weighted by Gasteiger charge is 2.28. The van der Waals surface area contributed by atoms with E-state index < -0.39 is 5.97 Å². The minimum atomic E-state index is -1.09. The predicted molar refractivity (Wildman–Crippen MR) is 113 cm³/mol. The van der Waals surface area contributed by atoms with Crippen molar-refractivity contribution < 1.29 is 19.1 Å². The van der Waals surface area contributed by atoms with E-state index in [9.17, 15) is 14.1 Å². The third-order valence-corrected chi connectivity index (χ3v) is 4.38. The number of aryl methyl sites for hydroxylation is 1. The van der Waals surface area contributed by atoms with Crippen molar-refractivity contribution in [1.82, 2.24) is 10.2 Å². The first kappa shape index (κ1) is 23.9. The van der Waals surface area contributed by atoms with E-state index in [4.69, 9.17) is 5.73 Å². The minimum absolute atomic E-state index is 0.0553. The summed E-state index contributed by atoms with van der Waals surface area (Å²) in [6.45, 7) is 10.1. The molecule has 6 nitrogen and oxygen atoms in total. The van der Waals surface area contributed by atoms with Crippen LogP contribution in [0.4, 0.5) is 4.53 Å². The van der Waals surface area contributed by atoms with Gasteiger partial charge in [0.1, 0.15) is 0 Å². The molecule has 1 amide bonds. The van der Waals surface area contributed by atoms with E-state index in [1.54, 1.807) is 12.1 Å². The Hall–Kier alpha value is -3.09. The van der Waals surface area contributed by atoms with Gasteiger partial charge in [0.2, 0.25) is 6.41 Å². The van der Waals surface area contributed by atoms with Crippen LogP contribution >= 0.6 is 0 Å². The summed E-state index contributed by atoms with van der Waals surface area (Å²) < 4.78 is 12.2. The molecular formula is C22H30FN3O3. The van der Waals surface area contributed by atoms with Crippen molar-refractivity contribution in [3.8, 4) is 0 Å². The highest BCUT2D eigenvalue weighted by atomic mass is 19.3. The largest absolute Gasteiger partial charge is 0.404 e. The predicted octanol–water partition coefficient (Wildman–Crippen LogP) is 3.99. The maximum atomic E-state index is 12.2. The topological polar surface area (TPSA) is 84.7 Å². The fraction of sp³-hybridized carbons (Fsp3) is 0.364. The zero-order chi connectivity index (χ0) is 22.0. The number of benzene rings is 1. The number of amides is 1. The Kier molecular flexibility index (Phi) is 9.65. The summed E-state index contributed by atoms with van der Waals surface area (Å²) in [5.74, 6) is -1.09. The fourth-order valence-electron chi connectivity index (χ4n) is 2.62. The molecule has 0 aromatic heterocycles. The average molecular weight is 403 g/mol. The molecule has 3 N–H and O–H groups in total. The summed E-state index contributed by atoms with van der Waals surface area (Å²) in [5, 5.41) is 2.64. The Bertz CT molecular complexity index is 798. The number of nitrogens with two attached hydrogens (primary N) is 1. The van der Waals surface area contributed by atoms with Gasteiger partial charge in [-0.15, -0.1) is 0 Å². The molecule has 0 unspecified atom stereocenters. The SMILES string of the molecule is C=C(/C(=C\C(=C/N)c1cc(C(=O)OF)ccc1C)NC=O)N(C)C1CC1.CCC. The number of likely N-dealkylation sites (N-methyl/N-ethyl adjacent to an activating group) is 1. The second-order valence-electron chi connectivity index (χ2n) is 6.83. The minimum Gasteiger partial charge on any atom is -0.404 e. The van der Waals surface area contributed by atoms with Crippen molar-refractivity contribution in [1.29, 1.82) is 0 Å². The van der Waals surface area contributed by atoms with E-state index in [-0.39, 0.29) is 5.56 Å². The highest BCUT2D eigenvalue weighted by molar-refractivity contribution is 5.91. The number of carbonyl (C=O) groups excluding carboxylic acids is 2. The Labute approximate surface area is 171 Å². The second kappa shape index (κ2) is 11.7. The second-order valence-corrected chi connectivity index (χ2v) is 6.83. The number of nitrogens with zero attached hydrogens (tertiary/aromatic N) is 1. The molecule has 1 aromatic carbocycles. The molecule has 7 heteroatoms. The number of halogens is 1. The summed E-state index contributed by atoms with van der Waals surface area (Å²) in [5.41, 5.74) is 8.94. The lowest BCUT2D eigenvalue weighted by Gasteiger charge is -2.23. The van der Waals surface area contributed by atoms with Crippen molar-refractivity contribution in [3.63, 3.8) is 0 Å². The first-order valence-corrected chi connectivity index (χ1v) is 9.54. The number of hydrogen-bond donors (Lipinski definition) is 2. The van der Waals surface area contributed by atoms with Gasteiger partial charge >= 0.3 is 5.97 Å². The van der Waals surface area contributed by atoms with E-state index in [1.165, 1.54) is 24.8 Å². The van der Waals surface area contributed by atoms with Gasteiger partial charge in [0.25, 0.3) is 0 Å². The average Bonchev–Trinajstić information content (AvgIpc) is 3.56. The van der Waals surface area contributed by atoms with Gasteiger partial charge in [-0.3, -0.25) is 4.79 Å². The Morgan fingerprint density at radius 3 is 2.52 bits per heavy atom. The van der Waals surface area contributed by atoms with Crippen LogP contribution in [-0.2, 0) is 9.74 Å². The van der Waals surface area contributed by atoms with Crippen LogP contribution in [0.15, 0.2) is 48.4 Å². The number of allylic oxidation sites excluding steroid dienone is 2. The van der Waals surface area contributed by atoms with E-state index in [2.05, 4.69) is 30.7 Å². The van der Waals surface area contributed by atoms with Gasteiger partial charge in [-0.2, -0.15) is 0 Å². The highest BCUT2D eigenvalue weighted by Crippen LogP contribution is 2.31. The monoisotopic (exact) mass is 403 g/mol. The summed E-state index contributed by atoms with van der Waals surface area (Å²) >= 11 is 0. The van der Waals surface area contributed by atoms with Crippen molar-refractivity contribution in [2.45, 2.75) is 46.1 Å². The van der Waals surface area contributed by atoms with Gasteiger partial charge in [0.05, 0.1) is 17.0 Å². The molecule has 0 atom stereocenters. The van der Waals surface area contributed by atoms with Gasteiger partial charge in [-0.05, 0) is 54.7 Å². The molecule has 2 rings (SSSR count). The molecule has 1 saturated carbocycles. The van der Waals surface area contributed by atoms with Gasteiger partial charge in [-0.25, -0.2) is 9.74 Å². The van der Waals surface area contributed by atoms with E-state index in [1.807, 2.05) is 18.9 Å². The van der Waals surface area contributed by atoms with Gasteiger partial charge in [-0.1, -0.05) is 32.9 Å². The van der Waals surface area contributed by atoms with Crippen LogP contribution in [-0.4, -0.2) is 30.4 Å². The van der Waals surface area contributed by atoms with Crippen LogP contribution in [0.25, 0.3) is 5.57 Å². The molecule has 1 fully saturated rings. The third-order valence-electron chi connectivity index (χ3n) is 4.38. The number of rotatable bonds is 8. The molecule has 1 aromatic rings. The Morgan fingerprint density at radius 2 is 2.03 bits per heavy atom. The number of carbonyl (C=O) groups is 2. The molecule has 0 aliphatic heterocycles. The molecule has 0 radical (unpaired) electrons. The molecule has 29 heavy (non-hydrogen) atoms. The summed E-state index contributed by atoms with van der Waals surface area (Å²) in [6, 6.07) is 5.02. The van der Waals surface area contributed by atoms with Crippen molar-refractivity contribution in [3.05, 3.63) is 65.1 Å². The summed E-state index contributed by atoms with van der Waals surface area (Å²) in [6.07, 6.45) is 6.99. The van der Waals surface area contributed by atoms with Crippen molar-refractivity contribution in [2.24, 2.45) is 5.73 Å². The van der Waals surface area contributed by atoms with E-state index >= 15 is 0 Å². The molecule has 1 aliphatic rings. The lowest BCUT2D eigenvalue weighted by Crippen LogP contribution is -2.26. The first-order valence-electron chi connectivity index (χ1n) is 9.54. The molecule has 1 aliphatic carbocycles. The maximum Gasteiger partial charge on any atom is 0.379 e. The lowest BCUT2D eigenvalue weighted by molar-refractivity contribution is -0.108. The zero-order valence-electron chi connectivity index (χ0n) is 17.5. The Balaban J connectivity index is 0.00000132. The number of hydrogen-bond acceptors (Lipinski definition) is 5. The van der Waals surface area contributed by atoms with Crippen LogP contribution in [0.3, 0.4) is 0 Å². The van der Waals surface area contributed by atoms with Gasteiger partial charge in [0, 0.05) is 23.8 Å². The van der Waals surface area contributed by atoms with Crippen LogP contribution in [0.1, 0.15) is 54.6 Å². The van der Waals surface area contributed by atoms with Crippen molar-refractivity contribution in [2.75, 3.05) is 7.05 Å². The molecule has 0 spiro atoms. The molecular weight excluding hydrogens is 373 g/mol. The summed E-state index contributed by atoms with van der Waals surface area (Å²) in [7, 11) is 1.91. The zero-order valence-corrected chi connectivity index (χ0v) is 17.5.